The molecule has 3 aromatic rings. The zero-order chi connectivity index (χ0) is 22.4. The first-order chi connectivity index (χ1) is 14.6. The molecule has 0 radical (unpaired) electrons. The molecule has 0 bridgehead atoms. The average Bonchev–Trinajstić information content (AvgIpc) is 3.13. The first-order valence-electron chi connectivity index (χ1n) is 9.61. The zero-order valence-corrected chi connectivity index (χ0v) is 17.8. The highest BCUT2D eigenvalue weighted by Crippen LogP contribution is 2.37. The molecule has 1 aliphatic rings. The summed E-state index contributed by atoms with van der Waals surface area (Å²) in [6.07, 6.45) is -0.539. The summed E-state index contributed by atoms with van der Waals surface area (Å²) < 4.78 is 72.9. The number of hydrogen-bond acceptors (Lipinski definition) is 4. The number of rotatable bonds is 4. The smallest absolute Gasteiger partial charge is 0.416 e. The number of hydrogen-bond donors (Lipinski definition) is 0. The van der Waals surface area contributed by atoms with Gasteiger partial charge in [0.25, 0.3) is 10.0 Å². The fourth-order valence-electron chi connectivity index (χ4n) is 3.71. The van der Waals surface area contributed by atoms with Crippen molar-refractivity contribution >= 4 is 26.5 Å². The lowest BCUT2D eigenvalue weighted by molar-refractivity contribution is -0.137. The molecule has 5 nitrogen and oxygen atoms in total. The normalized spacial score (nSPS) is 15.8. The molecular weight excluding hydrogens is 429 g/mol. The molecule has 2 aromatic carbocycles. The summed E-state index contributed by atoms with van der Waals surface area (Å²) in [6, 6.07) is 9.05. The zero-order valence-electron chi connectivity index (χ0n) is 17.0. The average molecular weight is 450 g/mol. The van der Waals surface area contributed by atoms with Crippen LogP contribution in [0.15, 0.2) is 59.6 Å². The maximum absolute atomic E-state index is 13.4. The van der Waals surface area contributed by atoms with Crippen molar-refractivity contribution in [3.8, 4) is 5.75 Å². The fourth-order valence-corrected chi connectivity index (χ4v) is 5.08. The first kappa shape index (κ1) is 21.5. The molecule has 4 rings (SSSR count). The van der Waals surface area contributed by atoms with Gasteiger partial charge in [0.1, 0.15) is 5.75 Å². The number of aromatic nitrogens is 1. The molecule has 0 fully saturated rings. The number of methoxy groups -OCH3 is 1. The van der Waals surface area contributed by atoms with Crippen molar-refractivity contribution in [1.82, 2.24) is 8.87 Å². The third kappa shape index (κ3) is 3.95. The first-order valence-corrected chi connectivity index (χ1v) is 11.0. The van der Waals surface area contributed by atoms with Gasteiger partial charge in [0, 0.05) is 30.2 Å². The van der Waals surface area contributed by atoms with Gasteiger partial charge < -0.3 is 9.64 Å². The minimum Gasteiger partial charge on any atom is -0.497 e. The van der Waals surface area contributed by atoms with Crippen LogP contribution in [-0.4, -0.2) is 44.5 Å². The van der Waals surface area contributed by atoms with Gasteiger partial charge >= 0.3 is 6.18 Å². The largest absolute Gasteiger partial charge is 0.497 e. The van der Waals surface area contributed by atoms with E-state index in [0.29, 0.717) is 24.3 Å². The highest BCUT2D eigenvalue weighted by molar-refractivity contribution is 7.90. The summed E-state index contributed by atoms with van der Waals surface area (Å²) in [6.45, 7) is 1.38. The Morgan fingerprint density at radius 1 is 1.06 bits per heavy atom. The summed E-state index contributed by atoms with van der Waals surface area (Å²) in [4.78, 5) is 2.10. The third-order valence-electron chi connectivity index (χ3n) is 5.47. The summed E-state index contributed by atoms with van der Waals surface area (Å²) in [5.41, 5.74) is 0.741. The Hall–Kier alpha value is -2.78. The van der Waals surface area contributed by atoms with Gasteiger partial charge in [-0.25, -0.2) is 12.4 Å². The second-order valence-corrected chi connectivity index (χ2v) is 9.31. The quantitative estimate of drug-likeness (QED) is 0.582. The molecule has 0 unspecified atom stereocenters. The molecule has 0 atom stereocenters. The SMILES string of the molecule is COc1ccc(S(=O)(=O)n2cc(C3=CCN(C)CC3)c3cc(C(F)(F)F)ccc32)cc1. The van der Waals surface area contributed by atoms with Crippen LogP contribution in [0.25, 0.3) is 16.5 Å². The Labute approximate surface area is 178 Å². The van der Waals surface area contributed by atoms with Crippen molar-refractivity contribution in [2.45, 2.75) is 17.5 Å². The van der Waals surface area contributed by atoms with Crippen molar-refractivity contribution in [2.75, 3.05) is 27.2 Å². The van der Waals surface area contributed by atoms with Crippen LogP contribution in [0.2, 0.25) is 0 Å². The van der Waals surface area contributed by atoms with Crippen LogP contribution in [0.5, 0.6) is 5.75 Å². The molecule has 164 valence electrons. The van der Waals surface area contributed by atoms with Crippen molar-refractivity contribution in [3.63, 3.8) is 0 Å². The molecule has 0 aliphatic carbocycles. The Morgan fingerprint density at radius 2 is 1.77 bits per heavy atom. The van der Waals surface area contributed by atoms with E-state index in [1.54, 1.807) is 0 Å². The highest BCUT2D eigenvalue weighted by Gasteiger charge is 2.32. The molecule has 0 spiro atoms. The molecule has 0 saturated carbocycles. The number of alkyl halides is 3. The second kappa shape index (κ2) is 7.72. The van der Waals surface area contributed by atoms with Gasteiger partial charge in [-0.1, -0.05) is 6.08 Å². The van der Waals surface area contributed by atoms with Gasteiger partial charge in [-0.3, -0.25) is 0 Å². The summed E-state index contributed by atoms with van der Waals surface area (Å²) >= 11 is 0. The van der Waals surface area contributed by atoms with Crippen LogP contribution in [0.3, 0.4) is 0 Å². The summed E-state index contributed by atoms with van der Waals surface area (Å²) in [5.74, 6) is 0.503. The van der Waals surface area contributed by atoms with E-state index in [4.69, 9.17) is 4.74 Å². The molecular formula is C22H21F3N2O3S. The Bertz CT molecular complexity index is 1260. The topological polar surface area (TPSA) is 51.5 Å². The molecule has 0 amide bonds. The minimum absolute atomic E-state index is 0.0222. The van der Waals surface area contributed by atoms with E-state index in [-0.39, 0.29) is 15.8 Å². The van der Waals surface area contributed by atoms with Crippen molar-refractivity contribution < 1.29 is 26.3 Å². The van der Waals surface area contributed by atoms with E-state index < -0.39 is 21.8 Å². The number of likely N-dealkylation sites (N-methyl/N-ethyl adjacent to an activating group) is 1. The number of halogens is 3. The van der Waals surface area contributed by atoms with Crippen LogP contribution in [-0.2, 0) is 16.2 Å². The molecule has 31 heavy (non-hydrogen) atoms. The Balaban J connectivity index is 1.93. The third-order valence-corrected chi connectivity index (χ3v) is 7.16. The second-order valence-electron chi connectivity index (χ2n) is 7.49. The van der Waals surface area contributed by atoms with Gasteiger partial charge in [-0.2, -0.15) is 13.2 Å². The van der Waals surface area contributed by atoms with Crippen molar-refractivity contribution in [2.24, 2.45) is 0 Å². The van der Waals surface area contributed by atoms with E-state index in [1.165, 1.54) is 43.6 Å². The number of nitrogens with zero attached hydrogens (tertiary/aromatic N) is 2. The molecule has 2 heterocycles. The number of benzene rings is 2. The van der Waals surface area contributed by atoms with Crippen molar-refractivity contribution in [1.29, 1.82) is 0 Å². The van der Waals surface area contributed by atoms with Crippen LogP contribution in [0, 0.1) is 0 Å². The highest BCUT2D eigenvalue weighted by atomic mass is 32.2. The fraction of sp³-hybridized carbons (Fsp3) is 0.273. The standard InChI is InChI=1S/C22H21F3N2O3S/c1-26-11-9-15(10-12-26)20-14-27(21-8-3-16(13-19(20)21)22(23,24)25)31(28,29)18-6-4-17(30-2)5-7-18/h3-9,13-14H,10-12H2,1-2H3. The Morgan fingerprint density at radius 3 is 2.35 bits per heavy atom. The van der Waals surface area contributed by atoms with Crippen LogP contribution < -0.4 is 4.74 Å². The van der Waals surface area contributed by atoms with Gasteiger partial charge in [0.05, 0.1) is 23.1 Å². The lowest BCUT2D eigenvalue weighted by Gasteiger charge is -2.21. The van der Waals surface area contributed by atoms with Gasteiger partial charge in [-0.15, -0.1) is 0 Å². The van der Waals surface area contributed by atoms with Crippen LogP contribution >= 0.6 is 0 Å². The number of ether oxygens (including phenoxy) is 1. The monoisotopic (exact) mass is 450 g/mol. The van der Waals surface area contributed by atoms with Gasteiger partial charge in [-0.05, 0) is 61.5 Å². The van der Waals surface area contributed by atoms with Gasteiger partial charge in [0.15, 0.2) is 0 Å². The maximum Gasteiger partial charge on any atom is 0.416 e. The summed E-state index contributed by atoms with van der Waals surface area (Å²) in [5, 5.41) is 0.266. The van der Waals surface area contributed by atoms with Crippen molar-refractivity contribution in [3.05, 3.63) is 65.9 Å². The maximum atomic E-state index is 13.4. The van der Waals surface area contributed by atoms with Gasteiger partial charge in [0.2, 0.25) is 0 Å². The number of fused-ring (bicyclic) bond motifs is 1. The lowest BCUT2D eigenvalue weighted by Crippen LogP contribution is -2.23. The molecule has 1 aliphatic heterocycles. The minimum atomic E-state index is -4.52. The Kier molecular flexibility index (Phi) is 5.35. The van der Waals surface area contributed by atoms with Crippen LogP contribution in [0.1, 0.15) is 17.5 Å². The molecule has 0 saturated heterocycles. The lowest BCUT2D eigenvalue weighted by atomic mass is 9.98. The van der Waals surface area contributed by atoms with Crippen LogP contribution in [0.4, 0.5) is 13.2 Å². The van der Waals surface area contributed by atoms with E-state index in [0.717, 1.165) is 28.2 Å². The molecule has 1 aromatic heterocycles. The van der Waals surface area contributed by atoms with E-state index in [2.05, 4.69) is 4.90 Å². The van der Waals surface area contributed by atoms with E-state index in [1.807, 2.05) is 13.1 Å². The van der Waals surface area contributed by atoms with E-state index in [9.17, 15) is 21.6 Å². The molecule has 9 heteroatoms. The van der Waals surface area contributed by atoms with E-state index >= 15 is 0 Å². The summed E-state index contributed by atoms with van der Waals surface area (Å²) in [7, 11) is -0.599. The molecule has 0 N–H and O–H groups in total. The predicted molar refractivity (Wildman–Crippen MR) is 113 cm³/mol. The predicted octanol–water partition coefficient (Wildman–Crippen LogP) is 4.62.